The summed E-state index contributed by atoms with van der Waals surface area (Å²) in [4.78, 5) is 24.0. The molecule has 0 radical (unpaired) electrons. The fourth-order valence-electron chi connectivity index (χ4n) is 2.13. The molecule has 1 atom stereocenters. The van der Waals surface area contributed by atoms with Gasteiger partial charge in [-0.15, -0.1) is 5.10 Å². The number of alkyl halides is 2. The van der Waals surface area contributed by atoms with Gasteiger partial charge in [0.25, 0.3) is 0 Å². The molecule has 0 bridgehead atoms. The first kappa shape index (κ1) is 20.9. The highest BCUT2D eigenvalue weighted by atomic mass is 35.5. The van der Waals surface area contributed by atoms with Crippen LogP contribution in [0.25, 0.3) is 5.69 Å². The van der Waals surface area contributed by atoms with Crippen LogP contribution >= 0.6 is 23.2 Å². The van der Waals surface area contributed by atoms with E-state index in [0.29, 0.717) is 4.68 Å². The van der Waals surface area contributed by atoms with Gasteiger partial charge in [-0.1, -0.05) is 35.9 Å². The van der Waals surface area contributed by atoms with Gasteiger partial charge in [-0.05, 0) is 19.9 Å². The number of benzene rings is 1. The summed E-state index contributed by atoms with van der Waals surface area (Å²) in [5, 5.41) is 3.82. The van der Waals surface area contributed by atoms with Gasteiger partial charge < -0.3 is 9.47 Å². The van der Waals surface area contributed by atoms with Crippen LogP contribution in [0.5, 0.6) is 5.75 Å². The van der Waals surface area contributed by atoms with Crippen LogP contribution in [0, 0.1) is 6.92 Å². The van der Waals surface area contributed by atoms with Crippen molar-refractivity contribution in [2.45, 2.75) is 26.5 Å². The Morgan fingerprint density at radius 1 is 1.37 bits per heavy atom. The van der Waals surface area contributed by atoms with Gasteiger partial charge in [0.2, 0.25) is 0 Å². The standard InChI is InChI=1S/C16H15Cl2F2N3O4/c1-4-5-26-14(24)8(2)27-13-7-12(10(17)6-11(13)18)23-16(25)22(15(19)20)9(3)21-23/h4,6-8,15H,1,5H2,2-3H3. The van der Waals surface area contributed by atoms with E-state index in [-0.39, 0.29) is 38.5 Å². The number of halogens is 4. The van der Waals surface area contributed by atoms with Gasteiger partial charge in [-0.3, -0.25) is 0 Å². The number of ether oxygens (including phenoxy) is 2. The normalized spacial score (nSPS) is 12.1. The number of carbonyl (C=O) groups is 1. The van der Waals surface area contributed by atoms with Crippen LogP contribution in [0.3, 0.4) is 0 Å². The van der Waals surface area contributed by atoms with Crippen molar-refractivity contribution in [1.29, 1.82) is 0 Å². The monoisotopic (exact) mass is 421 g/mol. The van der Waals surface area contributed by atoms with E-state index < -0.39 is 24.3 Å². The molecule has 11 heteroatoms. The summed E-state index contributed by atoms with van der Waals surface area (Å²) in [5.74, 6) is -0.877. The van der Waals surface area contributed by atoms with Crippen LogP contribution in [0.4, 0.5) is 8.78 Å². The lowest BCUT2D eigenvalue weighted by molar-refractivity contribution is -0.149. The Labute approximate surface area is 162 Å². The van der Waals surface area contributed by atoms with Gasteiger partial charge >= 0.3 is 18.2 Å². The minimum Gasteiger partial charge on any atom is -0.477 e. The molecule has 1 aromatic carbocycles. The predicted octanol–water partition coefficient (Wildman–Crippen LogP) is 3.54. The molecular weight excluding hydrogens is 407 g/mol. The molecule has 0 N–H and O–H groups in total. The maximum atomic E-state index is 13.0. The van der Waals surface area contributed by atoms with Crippen LogP contribution in [-0.4, -0.2) is 33.0 Å². The molecule has 1 heterocycles. The third kappa shape index (κ3) is 4.48. The average molecular weight is 422 g/mol. The SMILES string of the molecule is C=CCOC(=O)C(C)Oc1cc(-n2nc(C)n(C(F)F)c2=O)c(Cl)cc1Cl. The molecule has 7 nitrogen and oxygen atoms in total. The Balaban J connectivity index is 2.42. The lowest BCUT2D eigenvalue weighted by atomic mass is 10.3. The molecule has 1 aromatic heterocycles. The number of nitrogens with zero attached hydrogens (tertiary/aromatic N) is 3. The summed E-state index contributed by atoms with van der Waals surface area (Å²) in [5.41, 5.74) is -1.12. The first-order chi connectivity index (χ1) is 12.7. The van der Waals surface area contributed by atoms with Gasteiger partial charge in [-0.2, -0.15) is 13.5 Å². The smallest absolute Gasteiger partial charge is 0.355 e. The van der Waals surface area contributed by atoms with Crippen LogP contribution < -0.4 is 10.4 Å². The summed E-state index contributed by atoms with van der Waals surface area (Å²) in [6, 6.07) is 2.48. The number of hydrogen-bond acceptors (Lipinski definition) is 5. The van der Waals surface area contributed by atoms with E-state index in [0.717, 1.165) is 0 Å². The maximum absolute atomic E-state index is 13.0. The number of esters is 1. The summed E-state index contributed by atoms with van der Waals surface area (Å²) in [7, 11) is 0. The van der Waals surface area contributed by atoms with Crippen molar-refractivity contribution >= 4 is 29.2 Å². The second kappa shape index (κ2) is 8.53. The van der Waals surface area contributed by atoms with E-state index in [1.807, 2.05) is 0 Å². The van der Waals surface area contributed by atoms with Crippen LogP contribution in [0.2, 0.25) is 10.0 Å². The molecular formula is C16H15Cl2F2N3O4. The summed E-state index contributed by atoms with van der Waals surface area (Å²) in [6.45, 7) is 3.05. The molecule has 0 saturated carbocycles. The number of rotatable bonds is 7. The molecule has 27 heavy (non-hydrogen) atoms. The maximum Gasteiger partial charge on any atom is 0.355 e. The van der Waals surface area contributed by atoms with E-state index in [4.69, 9.17) is 32.7 Å². The third-order valence-corrected chi connectivity index (χ3v) is 3.98. The molecule has 2 rings (SSSR count). The second-order valence-electron chi connectivity index (χ2n) is 5.30. The highest BCUT2D eigenvalue weighted by molar-refractivity contribution is 6.36. The Morgan fingerprint density at radius 3 is 2.59 bits per heavy atom. The fourth-order valence-corrected chi connectivity index (χ4v) is 2.63. The van der Waals surface area contributed by atoms with E-state index in [1.165, 1.54) is 32.1 Å². The molecule has 146 valence electrons. The van der Waals surface area contributed by atoms with Gasteiger partial charge in [-0.25, -0.2) is 14.2 Å². The first-order valence-electron chi connectivity index (χ1n) is 7.57. The van der Waals surface area contributed by atoms with Gasteiger partial charge in [0.15, 0.2) is 6.10 Å². The molecule has 0 saturated heterocycles. The Bertz CT molecular complexity index is 927. The quantitative estimate of drug-likeness (QED) is 0.504. The Kier molecular flexibility index (Phi) is 6.61. The van der Waals surface area contributed by atoms with E-state index in [9.17, 15) is 18.4 Å². The minimum absolute atomic E-state index is 0.00438. The van der Waals surface area contributed by atoms with E-state index in [2.05, 4.69) is 11.7 Å². The molecule has 1 unspecified atom stereocenters. The molecule has 0 fully saturated rings. The van der Waals surface area contributed by atoms with Gasteiger partial charge in [0, 0.05) is 6.07 Å². The Morgan fingerprint density at radius 2 is 2.04 bits per heavy atom. The predicted molar refractivity (Wildman–Crippen MR) is 95.1 cm³/mol. The van der Waals surface area contributed by atoms with Crippen molar-refractivity contribution in [3.8, 4) is 11.4 Å². The van der Waals surface area contributed by atoms with Crippen molar-refractivity contribution in [2.75, 3.05) is 6.61 Å². The lowest BCUT2D eigenvalue weighted by Crippen LogP contribution is -2.27. The summed E-state index contributed by atoms with van der Waals surface area (Å²) in [6.07, 6.45) is 0.361. The molecule has 0 aliphatic rings. The van der Waals surface area contributed by atoms with Gasteiger partial charge in [0.1, 0.15) is 18.2 Å². The van der Waals surface area contributed by atoms with Crippen LogP contribution in [-0.2, 0) is 9.53 Å². The third-order valence-electron chi connectivity index (χ3n) is 3.38. The fraction of sp³-hybridized carbons (Fsp3) is 0.312. The van der Waals surface area contributed by atoms with Crippen molar-refractivity contribution in [3.05, 3.63) is 51.1 Å². The molecule has 0 aliphatic carbocycles. The molecule has 0 spiro atoms. The van der Waals surface area contributed by atoms with Crippen molar-refractivity contribution < 1.29 is 23.0 Å². The average Bonchev–Trinajstić information content (AvgIpc) is 2.89. The van der Waals surface area contributed by atoms with Gasteiger partial charge in [0.05, 0.1) is 15.7 Å². The topological polar surface area (TPSA) is 75.3 Å². The first-order valence-corrected chi connectivity index (χ1v) is 8.32. The highest BCUT2D eigenvalue weighted by Gasteiger charge is 2.22. The Hall–Kier alpha value is -2.39. The van der Waals surface area contributed by atoms with Crippen molar-refractivity contribution in [1.82, 2.24) is 14.3 Å². The zero-order chi connectivity index (χ0) is 20.3. The van der Waals surface area contributed by atoms with E-state index in [1.54, 1.807) is 0 Å². The highest BCUT2D eigenvalue weighted by Crippen LogP contribution is 2.33. The summed E-state index contributed by atoms with van der Waals surface area (Å²) < 4.78 is 37.2. The zero-order valence-electron chi connectivity index (χ0n) is 14.3. The van der Waals surface area contributed by atoms with Crippen molar-refractivity contribution in [2.24, 2.45) is 0 Å². The zero-order valence-corrected chi connectivity index (χ0v) is 15.8. The number of hydrogen-bond donors (Lipinski definition) is 0. The molecule has 2 aromatic rings. The molecule has 0 aliphatic heterocycles. The number of aromatic nitrogens is 3. The summed E-state index contributed by atoms with van der Waals surface area (Å²) >= 11 is 12.1. The van der Waals surface area contributed by atoms with Crippen LogP contribution in [0.1, 0.15) is 19.3 Å². The molecule has 0 amide bonds. The minimum atomic E-state index is -3.06. The largest absolute Gasteiger partial charge is 0.477 e. The number of aryl methyl sites for hydroxylation is 1. The van der Waals surface area contributed by atoms with Crippen LogP contribution in [0.15, 0.2) is 29.6 Å². The van der Waals surface area contributed by atoms with Crippen molar-refractivity contribution in [3.63, 3.8) is 0 Å². The second-order valence-corrected chi connectivity index (χ2v) is 6.12. The van der Waals surface area contributed by atoms with E-state index >= 15 is 0 Å². The number of carbonyl (C=O) groups excluding carboxylic acids is 1. The lowest BCUT2D eigenvalue weighted by Gasteiger charge is -2.16.